The normalized spacial score (nSPS) is 20.8. The van der Waals surface area contributed by atoms with Gasteiger partial charge in [0, 0.05) is 25.6 Å². The van der Waals surface area contributed by atoms with Crippen molar-refractivity contribution in [1.29, 1.82) is 0 Å². The Bertz CT molecular complexity index is 412. The first kappa shape index (κ1) is 16.4. The standard InChI is InChI=1S/C13H26N2O3S/c1-5-12(16)15-8-6-11(10-15)14-19(17,18)9-7-13(2,3)4/h11,14H,5-10H2,1-4H3/t11-/m0/s1. The van der Waals surface area contributed by atoms with E-state index < -0.39 is 10.0 Å². The molecule has 0 aliphatic carbocycles. The second-order valence-electron chi connectivity index (χ2n) is 6.43. The third-order valence-electron chi connectivity index (χ3n) is 3.31. The third kappa shape index (κ3) is 5.91. The van der Waals surface area contributed by atoms with Crippen LogP contribution in [0.5, 0.6) is 0 Å². The highest BCUT2D eigenvalue weighted by Gasteiger charge is 2.28. The molecule has 1 rings (SSSR count). The van der Waals surface area contributed by atoms with Gasteiger partial charge in [-0.25, -0.2) is 13.1 Å². The summed E-state index contributed by atoms with van der Waals surface area (Å²) in [6.45, 7) is 9.06. The molecule has 1 N–H and O–H groups in total. The highest BCUT2D eigenvalue weighted by molar-refractivity contribution is 7.89. The van der Waals surface area contributed by atoms with Crippen molar-refractivity contribution in [1.82, 2.24) is 9.62 Å². The minimum Gasteiger partial charge on any atom is -0.341 e. The molecule has 1 aliphatic rings. The smallest absolute Gasteiger partial charge is 0.222 e. The lowest BCUT2D eigenvalue weighted by atomic mass is 9.94. The maximum Gasteiger partial charge on any atom is 0.222 e. The lowest BCUT2D eigenvalue weighted by Crippen LogP contribution is -2.39. The molecule has 1 fully saturated rings. The summed E-state index contributed by atoms with van der Waals surface area (Å²) in [5.41, 5.74) is 0.00857. The van der Waals surface area contributed by atoms with Gasteiger partial charge in [-0.15, -0.1) is 0 Å². The molecule has 1 heterocycles. The third-order valence-corrected chi connectivity index (χ3v) is 4.74. The molecule has 0 aromatic rings. The fraction of sp³-hybridized carbons (Fsp3) is 0.923. The van der Waals surface area contributed by atoms with Crippen molar-refractivity contribution in [3.63, 3.8) is 0 Å². The molecule has 0 aromatic carbocycles. The first-order valence-electron chi connectivity index (χ1n) is 6.91. The molecule has 0 radical (unpaired) electrons. The highest BCUT2D eigenvalue weighted by atomic mass is 32.2. The molecule has 0 unspecified atom stereocenters. The topological polar surface area (TPSA) is 66.5 Å². The number of carbonyl (C=O) groups excluding carboxylic acids is 1. The second-order valence-corrected chi connectivity index (χ2v) is 8.30. The zero-order valence-corrected chi connectivity index (χ0v) is 13.2. The van der Waals surface area contributed by atoms with Crippen LogP contribution in [0.4, 0.5) is 0 Å². The van der Waals surface area contributed by atoms with Crippen LogP contribution >= 0.6 is 0 Å². The minimum atomic E-state index is -3.24. The van der Waals surface area contributed by atoms with E-state index in [9.17, 15) is 13.2 Å². The van der Waals surface area contributed by atoms with Crippen molar-refractivity contribution in [2.45, 2.75) is 53.0 Å². The van der Waals surface area contributed by atoms with Gasteiger partial charge in [0.05, 0.1) is 5.75 Å². The quantitative estimate of drug-likeness (QED) is 0.831. The summed E-state index contributed by atoms with van der Waals surface area (Å²) in [5.74, 6) is 0.241. The molecule has 6 heteroatoms. The van der Waals surface area contributed by atoms with E-state index in [1.54, 1.807) is 4.90 Å². The molecule has 19 heavy (non-hydrogen) atoms. The lowest BCUT2D eigenvalue weighted by Gasteiger charge is -2.20. The molecule has 1 atom stereocenters. The van der Waals surface area contributed by atoms with Crippen molar-refractivity contribution >= 4 is 15.9 Å². The number of rotatable bonds is 5. The Hall–Kier alpha value is -0.620. The Labute approximate surface area is 116 Å². The predicted molar refractivity (Wildman–Crippen MR) is 76.3 cm³/mol. The average molecular weight is 290 g/mol. The van der Waals surface area contributed by atoms with Crippen molar-refractivity contribution in [3.8, 4) is 0 Å². The number of likely N-dealkylation sites (tertiary alicyclic amines) is 1. The largest absolute Gasteiger partial charge is 0.341 e. The van der Waals surface area contributed by atoms with Gasteiger partial charge in [0.15, 0.2) is 0 Å². The first-order valence-corrected chi connectivity index (χ1v) is 8.56. The van der Waals surface area contributed by atoms with Gasteiger partial charge in [0.2, 0.25) is 15.9 Å². The van der Waals surface area contributed by atoms with Crippen LogP contribution in [0.3, 0.4) is 0 Å². The SMILES string of the molecule is CCC(=O)N1CC[C@H](NS(=O)(=O)CCC(C)(C)C)C1. The van der Waals surface area contributed by atoms with Crippen LogP contribution in [0, 0.1) is 5.41 Å². The van der Waals surface area contributed by atoms with E-state index in [-0.39, 0.29) is 23.1 Å². The summed E-state index contributed by atoms with van der Waals surface area (Å²) >= 11 is 0. The average Bonchev–Trinajstić information content (AvgIpc) is 2.72. The molecule has 112 valence electrons. The first-order chi connectivity index (χ1) is 8.63. The fourth-order valence-corrected chi connectivity index (χ4v) is 3.76. The monoisotopic (exact) mass is 290 g/mol. The molecular weight excluding hydrogens is 264 g/mol. The van der Waals surface area contributed by atoms with Crippen molar-refractivity contribution in [2.75, 3.05) is 18.8 Å². The number of hydrogen-bond acceptors (Lipinski definition) is 3. The van der Waals surface area contributed by atoms with Crippen molar-refractivity contribution in [2.24, 2.45) is 5.41 Å². The fourth-order valence-electron chi connectivity index (χ4n) is 2.06. The molecule has 5 nitrogen and oxygen atoms in total. The number of amides is 1. The summed E-state index contributed by atoms with van der Waals surface area (Å²) in [5, 5.41) is 0. The lowest BCUT2D eigenvalue weighted by molar-refractivity contribution is -0.129. The van der Waals surface area contributed by atoms with Gasteiger partial charge in [-0.05, 0) is 18.3 Å². The summed E-state index contributed by atoms with van der Waals surface area (Å²) in [6, 6.07) is -0.125. The Morgan fingerprint density at radius 3 is 2.53 bits per heavy atom. The Morgan fingerprint density at radius 1 is 1.37 bits per heavy atom. The van der Waals surface area contributed by atoms with Gasteiger partial charge < -0.3 is 4.90 Å². The second kappa shape index (κ2) is 6.22. The van der Waals surface area contributed by atoms with Crippen LogP contribution in [0.15, 0.2) is 0 Å². The number of nitrogens with one attached hydrogen (secondary N) is 1. The van der Waals surface area contributed by atoms with E-state index >= 15 is 0 Å². The maximum absolute atomic E-state index is 12.0. The van der Waals surface area contributed by atoms with Crippen LogP contribution in [0.2, 0.25) is 0 Å². The van der Waals surface area contributed by atoms with E-state index in [0.29, 0.717) is 32.4 Å². The minimum absolute atomic E-state index is 0.00857. The molecular formula is C13H26N2O3S. The molecule has 1 amide bonds. The zero-order chi connectivity index (χ0) is 14.7. The van der Waals surface area contributed by atoms with Crippen LogP contribution in [0.1, 0.15) is 47.0 Å². The van der Waals surface area contributed by atoms with Crippen molar-refractivity contribution < 1.29 is 13.2 Å². The number of carbonyl (C=O) groups is 1. The van der Waals surface area contributed by atoms with Gasteiger partial charge in [-0.1, -0.05) is 27.7 Å². The summed E-state index contributed by atoms with van der Waals surface area (Å²) in [4.78, 5) is 13.3. The van der Waals surface area contributed by atoms with E-state index in [1.807, 2.05) is 27.7 Å². The summed E-state index contributed by atoms with van der Waals surface area (Å²) < 4.78 is 26.6. The molecule has 0 bridgehead atoms. The summed E-state index contributed by atoms with van der Waals surface area (Å²) in [7, 11) is -3.24. The summed E-state index contributed by atoms with van der Waals surface area (Å²) in [6.07, 6.45) is 1.82. The Kier molecular flexibility index (Phi) is 5.38. The van der Waals surface area contributed by atoms with E-state index in [2.05, 4.69) is 4.72 Å². The molecule has 1 aliphatic heterocycles. The van der Waals surface area contributed by atoms with Crippen LogP contribution < -0.4 is 4.72 Å². The highest BCUT2D eigenvalue weighted by Crippen LogP contribution is 2.19. The van der Waals surface area contributed by atoms with Gasteiger partial charge in [-0.3, -0.25) is 4.79 Å². The predicted octanol–water partition coefficient (Wildman–Crippen LogP) is 1.35. The van der Waals surface area contributed by atoms with Crippen LogP contribution in [0.25, 0.3) is 0 Å². The van der Waals surface area contributed by atoms with E-state index in [1.165, 1.54) is 0 Å². The number of hydrogen-bond donors (Lipinski definition) is 1. The maximum atomic E-state index is 12.0. The van der Waals surface area contributed by atoms with Gasteiger partial charge >= 0.3 is 0 Å². The number of sulfonamides is 1. The van der Waals surface area contributed by atoms with Crippen molar-refractivity contribution in [3.05, 3.63) is 0 Å². The molecule has 0 spiro atoms. The van der Waals surface area contributed by atoms with Gasteiger partial charge in [0.1, 0.15) is 0 Å². The Morgan fingerprint density at radius 2 is 2.00 bits per heavy atom. The Balaban J connectivity index is 2.45. The van der Waals surface area contributed by atoms with Gasteiger partial charge in [0.25, 0.3) is 0 Å². The van der Waals surface area contributed by atoms with E-state index in [0.717, 1.165) is 0 Å². The zero-order valence-electron chi connectivity index (χ0n) is 12.4. The van der Waals surface area contributed by atoms with Gasteiger partial charge in [-0.2, -0.15) is 0 Å². The molecule has 0 saturated carbocycles. The molecule has 1 saturated heterocycles. The van der Waals surface area contributed by atoms with Crippen LogP contribution in [-0.4, -0.2) is 44.1 Å². The number of nitrogens with zero attached hydrogens (tertiary/aromatic N) is 1. The van der Waals surface area contributed by atoms with E-state index in [4.69, 9.17) is 0 Å². The van der Waals surface area contributed by atoms with Crippen LogP contribution in [-0.2, 0) is 14.8 Å². The molecule has 0 aromatic heterocycles.